The molecule has 0 aliphatic heterocycles. The second-order valence-electron chi connectivity index (χ2n) is 6.80. The standard InChI is InChI=1S/C22H23N3O3S.ClH/c1-2-12-29(27,28)18-10-11-19-17(13-18)4-3-5-20(19)22(26)25-14-15-6-8-16(9-7-15)21(23)24;/h3-11,13H,2,12,14H2,1H3,(H3,23,24)(H,25,26);1H. The minimum Gasteiger partial charge on any atom is -0.384 e. The molecule has 0 bridgehead atoms. The van der Waals surface area contributed by atoms with E-state index in [1.54, 1.807) is 48.5 Å². The van der Waals surface area contributed by atoms with Crippen LogP contribution in [0.4, 0.5) is 0 Å². The van der Waals surface area contributed by atoms with Crippen molar-refractivity contribution in [1.29, 1.82) is 5.41 Å². The highest BCUT2D eigenvalue weighted by atomic mass is 35.5. The van der Waals surface area contributed by atoms with Crippen molar-refractivity contribution in [1.82, 2.24) is 5.32 Å². The molecule has 0 aliphatic carbocycles. The molecule has 0 radical (unpaired) electrons. The van der Waals surface area contributed by atoms with Gasteiger partial charge in [-0.2, -0.15) is 0 Å². The maximum Gasteiger partial charge on any atom is 0.252 e. The van der Waals surface area contributed by atoms with Gasteiger partial charge in [0.1, 0.15) is 5.84 Å². The highest BCUT2D eigenvalue weighted by Gasteiger charge is 2.16. The third-order valence-corrected chi connectivity index (χ3v) is 6.56. The van der Waals surface area contributed by atoms with Gasteiger partial charge in [-0.15, -0.1) is 12.4 Å². The summed E-state index contributed by atoms with van der Waals surface area (Å²) < 4.78 is 24.6. The summed E-state index contributed by atoms with van der Waals surface area (Å²) in [6, 6.07) is 17.2. The number of nitrogen functional groups attached to an aromatic ring is 1. The number of rotatable bonds is 7. The first-order valence-corrected chi connectivity index (χ1v) is 10.9. The van der Waals surface area contributed by atoms with E-state index >= 15 is 0 Å². The highest BCUT2D eigenvalue weighted by Crippen LogP contribution is 2.23. The minimum absolute atomic E-state index is 0. The van der Waals surface area contributed by atoms with Crippen LogP contribution in [0.25, 0.3) is 10.8 Å². The molecule has 6 nitrogen and oxygen atoms in total. The number of nitrogens with one attached hydrogen (secondary N) is 2. The van der Waals surface area contributed by atoms with Gasteiger partial charge in [0.15, 0.2) is 9.84 Å². The van der Waals surface area contributed by atoms with E-state index < -0.39 is 9.84 Å². The lowest BCUT2D eigenvalue weighted by Crippen LogP contribution is -2.23. The van der Waals surface area contributed by atoms with E-state index in [9.17, 15) is 13.2 Å². The molecule has 0 unspecified atom stereocenters. The van der Waals surface area contributed by atoms with Crippen LogP contribution in [-0.4, -0.2) is 25.9 Å². The fraction of sp³-hybridized carbons (Fsp3) is 0.182. The second-order valence-corrected chi connectivity index (χ2v) is 8.91. The Morgan fingerprint density at radius 3 is 2.40 bits per heavy atom. The first-order valence-electron chi connectivity index (χ1n) is 9.29. The first-order chi connectivity index (χ1) is 13.8. The Kier molecular flexibility index (Phi) is 7.59. The fourth-order valence-corrected chi connectivity index (χ4v) is 4.47. The Hall–Kier alpha value is -2.90. The van der Waals surface area contributed by atoms with Gasteiger partial charge < -0.3 is 11.1 Å². The summed E-state index contributed by atoms with van der Waals surface area (Å²) in [6.07, 6.45) is 0.552. The molecule has 0 fully saturated rings. The molecule has 0 spiro atoms. The van der Waals surface area contributed by atoms with Crippen LogP contribution in [0.2, 0.25) is 0 Å². The van der Waals surface area contributed by atoms with E-state index in [4.69, 9.17) is 11.1 Å². The normalized spacial score (nSPS) is 11.0. The molecule has 30 heavy (non-hydrogen) atoms. The Morgan fingerprint density at radius 2 is 1.77 bits per heavy atom. The predicted molar refractivity (Wildman–Crippen MR) is 122 cm³/mol. The van der Waals surface area contributed by atoms with Crippen molar-refractivity contribution in [3.8, 4) is 0 Å². The van der Waals surface area contributed by atoms with Gasteiger partial charge in [0.2, 0.25) is 0 Å². The van der Waals surface area contributed by atoms with Gasteiger partial charge in [-0.25, -0.2) is 8.42 Å². The molecule has 8 heteroatoms. The predicted octanol–water partition coefficient (Wildman–Crippen LogP) is 3.66. The molecular formula is C22H24ClN3O3S. The molecule has 1 amide bonds. The van der Waals surface area contributed by atoms with Crippen LogP contribution >= 0.6 is 12.4 Å². The zero-order chi connectivity index (χ0) is 21.0. The van der Waals surface area contributed by atoms with E-state index in [0.717, 1.165) is 5.56 Å². The SMILES string of the molecule is CCCS(=O)(=O)c1ccc2c(C(=O)NCc3ccc(C(=N)N)cc3)cccc2c1.Cl. The highest BCUT2D eigenvalue weighted by molar-refractivity contribution is 7.91. The van der Waals surface area contributed by atoms with Crippen molar-refractivity contribution in [2.45, 2.75) is 24.8 Å². The van der Waals surface area contributed by atoms with Gasteiger partial charge in [-0.3, -0.25) is 10.2 Å². The van der Waals surface area contributed by atoms with Crippen LogP contribution in [0.15, 0.2) is 65.6 Å². The third kappa shape index (κ3) is 5.17. The Balaban J connectivity index is 0.00000320. The van der Waals surface area contributed by atoms with Crippen LogP contribution in [0.5, 0.6) is 0 Å². The molecule has 3 aromatic rings. The molecule has 0 aromatic heterocycles. The van der Waals surface area contributed by atoms with Gasteiger partial charge in [0.25, 0.3) is 5.91 Å². The molecule has 0 saturated carbocycles. The zero-order valence-corrected chi connectivity index (χ0v) is 18.1. The van der Waals surface area contributed by atoms with Crippen molar-refractivity contribution in [2.24, 2.45) is 5.73 Å². The number of sulfone groups is 1. The minimum atomic E-state index is -3.32. The summed E-state index contributed by atoms with van der Waals surface area (Å²) in [5, 5.41) is 11.7. The van der Waals surface area contributed by atoms with Gasteiger partial charge in [0.05, 0.1) is 10.6 Å². The summed E-state index contributed by atoms with van der Waals surface area (Å²) in [5.41, 5.74) is 7.45. The Morgan fingerprint density at radius 1 is 1.07 bits per heavy atom. The first kappa shape index (κ1) is 23.4. The molecule has 0 heterocycles. The average Bonchev–Trinajstić information content (AvgIpc) is 2.71. The lowest BCUT2D eigenvalue weighted by atomic mass is 10.0. The van der Waals surface area contributed by atoms with Crippen molar-refractivity contribution >= 4 is 44.8 Å². The Bertz CT molecular complexity index is 1180. The van der Waals surface area contributed by atoms with Crippen molar-refractivity contribution in [3.63, 3.8) is 0 Å². The second kappa shape index (κ2) is 9.73. The number of halogens is 1. The molecule has 3 rings (SSSR count). The van der Waals surface area contributed by atoms with Gasteiger partial charge in [-0.1, -0.05) is 49.4 Å². The average molecular weight is 446 g/mol. The lowest BCUT2D eigenvalue weighted by molar-refractivity contribution is 0.0952. The van der Waals surface area contributed by atoms with E-state index in [-0.39, 0.29) is 34.8 Å². The molecular weight excluding hydrogens is 422 g/mol. The van der Waals surface area contributed by atoms with Gasteiger partial charge >= 0.3 is 0 Å². The monoisotopic (exact) mass is 445 g/mol. The summed E-state index contributed by atoms with van der Waals surface area (Å²) in [4.78, 5) is 13.0. The van der Waals surface area contributed by atoms with Crippen LogP contribution in [-0.2, 0) is 16.4 Å². The van der Waals surface area contributed by atoms with E-state index in [2.05, 4.69) is 5.32 Å². The van der Waals surface area contributed by atoms with E-state index in [0.29, 0.717) is 34.9 Å². The van der Waals surface area contributed by atoms with Crippen LogP contribution < -0.4 is 11.1 Å². The van der Waals surface area contributed by atoms with Crippen molar-refractivity contribution in [2.75, 3.05) is 5.75 Å². The van der Waals surface area contributed by atoms with Gasteiger partial charge in [0, 0.05) is 17.7 Å². The third-order valence-electron chi connectivity index (χ3n) is 4.65. The molecule has 0 aliphatic rings. The maximum atomic E-state index is 12.7. The summed E-state index contributed by atoms with van der Waals surface area (Å²) in [7, 11) is -3.32. The number of amides is 1. The summed E-state index contributed by atoms with van der Waals surface area (Å²) in [6.45, 7) is 2.16. The summed E-state index contributed by atoms with van der Waals surface area (Å²) in [5.74, 6) is -0.145. The molecule has 158 valence electrons. The number of benzene rings is 3. The van der Waals surface area contributed by atoms with Crippen LogP contribution in [0.1, 0.15) is 34.8 Å². The molecule has 0 saturated heterocycles. The largest absolute Gasteiger partial charge is 0.384 e. The molecule has 3 aromatic carbocycles. The van der Waals surface area contributed by atoms with Crippen LogP contribution in [0, 0.1) is 5.41 Å². The topological polar surface area (TPSA) is 113 Å². The number of carbonyl (C=O) groups is 1. The molecule has 0 atom stereocenters. The number of carbonyl (C=O) groups excluding carboxylic acids is 1. The van der Waals surface area contributed by atoms with Gasteiger partial charge in [-0.05, 0) is 41.0 Å². The van der Waals surface area contributed by atoms with Crippen molar-refractivity contribution in [3.05, 3.63) is 77.4 Å². The lowest BCUT2D eigenvalue weighted by Gasteiger charge is -2.10. The van der Waals surface area contributed by atoms with E-state index in [1.165, 1.54) is 0 Å². The van der Waals surface area contributed by atoms with E-state index in [1.807, 2.05) is 19.1 Å². The quantitative estimate of drug-likeness (QED) is 0.380. The fourth-order valence-electron chi connectivity index (χ4n) is 3.12. The number of fused-ring (bicyclic) bond motifs is 1. The number of amidine groups is 1. The van der Waals surface area contributed by atoms with Crippen molar-refractivity contribution < 1.29 is 13.2 Å². The number of nitrogens with two attached hydrogens (primary N) is 1. The Labute approximate surface area is 182 Å². The van der Waals surface area contributed by atoms with Crippen LogP contribution in [0.3, 0.4) is 0 Å². The maximum absolute atomic E-state index is 12.7. The summed E-state index contributed by atoms with van der Waals surface area (Å²) >= 11 is 0. The zero-order valence-electron chi connectivity index (χ0n) is 16.5. The number of hydrogen-bond acceptors (Lipinski definition) is 4. The molecule has 4 N–H and O–H groups in total. The number of hydrogen-bond donors (Lipinski definition) is 3. The smallest absolute Gasteiger partial charge is 0.252 e.